The van der Waals surface area contributed by atoms with Gasteiger partial charge in [0, 0.05) is 12.8 Å². The Bertz CT molecular complexity index is 365. The Hall–Kier alpha value is -0.670. The smallest absolute Gasteiger partial charge is 0.106 e. The minimum absolute atomic E-state index is 0.219. The minimum Gasteiger partial charge on any atom is -0.379 e. The summed E-state index contributed by atoms with van der Waals surface area (Å²) >= 11 is 0. The fourth-order valence-corrected chi connectivity index (χ4v) is 3.67. The molecule has 0 aliphatic carbocycles. The topological polar surface area (TPSA) is 35.8 Å². The molecule has 1 aliphatic heterocycles. The lowest BCUT2D eigenvalue weighted by atomic mass is 10.0. The molecule has 0 saturated carbocycles. The molecule has 1 N–H and O–H groups in total. The van der Waals surface area contributed by atoms with Gasteiger partial charge in [0.25, 0.3) is 0 Å². The Kier molecular flexibility index (Phi) is 14.8. The van der Waals surface area contributed by atoms with Crippen LogP contribution >= 0.6 is 0 Å². The first kappa shape index (κ1) is 23.4. The molecule has 26 heavy (non-hydrogen) atoms. The second kappa shape index (κ2) is 16.5. The van der Waals surface area contributed by atoms with Crippen LogP contribution < -0.4 is 0 Å². The molecule has 0 aromatic rings. The number of rotatable bonds is 17. The molecule has 2 atom stereocenters. The van der Waals surface area contributed by atoms with Gasteiger partial charge >= 0.3 is 0 Å². The molecule has 1 heterocycles. The van der Waals surface area contributed by atoms with Crippen molar-refractivity contribution in [3.8, 4) is 0 Å². The Labute approximate surface area is 163 Å². The third-order valence-corrected chi connectivity index (χ3v) is 5.41. The van der Waals surface area contributed by atoms with Crippen molar-refractivity contribution in [3.63, 3.8) is 0 Å². The van der Waals surface area contributed by atoms with Crippen molar-refractivity contribution in [3.05, 3.63) is 12.2 Å². The average Bonchev–Trinajstić information content (AvgIpc) is 3.10. The summed E-state index contributed by atoms with van der Waals surface area (Å²) in [7, 11) is 0. The van der Waals surface area contributed by atoms with Crippen molar-refractivity contribution in [2.24, 2.45) is 4.99 Å². The molecule has 0 saturated heterocycles. The van der Waals surface area contributed by atoms with E-state index in [1.807, 2.05) is 13.1 Å². The van der Waals surface area contributed by atoms with Gasteiger partial charge in [0.05, 0.1) is 0 Å². The van der Waals surface area contributed by atoms with E-state index in [0.717, 1.165) is 13.0 Å². The van der Waals surface area contributed by atoms with E-state index in [1.54, 1.807) is 0 Å². The largest absolute Gasteiger partial charge is 0.379 e. The summed E-state index contributed by atoms with van der Waals surface area (Å²) in [6.45, 7) is 4.90. The standard InChI is InChI=1S/C23H44N2O/c1-3-4-5-6-7-8-9-10-11-12-13-14-15-16-17-18-19-23-24-20-21-25(23)22(2)26/h6-7,20,22-23,26H,3-5,8-19,21H2,1-2H3/b7-6+. The fraction of sp³-hybridized carbons (Fsp3) is 0.870. The third-order valence-electron chi connectivity index (χ3n) is 5.41. The van der Waals surface area contributed by atoms with E-state index in [2.05, 4.69) is 29.0 Å². The predicted octanol–water partition coefficient (Wildman–Crippen LogP) is 6.46. The summed E-state index contributed by atoms with van der Waals surface area (Å²) in [6, 6.07) is 0. The summed E-state index contributed by atoms with van der Waals surface area (Å²) < 4.78 is 0. The summed E-state index contributed by atoms with van der Waals surface area (Å²) in [5, 5.41) is 9.70. The molecule has 0 spiro atoms. The number of allylic oxidation sites excluding steroid dienone is 2. The van der Waals surface area contributed by atoms with Gasteiger partial charge < -0.3 is 5.11 Å². The zero-order valence-corrected chi connectivity index (χ0v) is 17.5. The number of aliphatic hydroxyl groups is 1. The van der Waals surface area contributed by atoms with Crippen LogP contribution in [-0.4, -0.2) is 35.2 Å². The number of aliphatic imine (C=N–C) groups is 1. The number of unbranched alkanes of at least 4 members (excludes halogenated alkanes) is 12. The number of aliphatic hydroxyl groups excluding tert-OH is 1. The average molecular weight is 365 g/mol. The molecule has 0 bridgehead atoms. The first-order valence-corrected chi connectivity index (χ1v) is 11.4. The van der Waals surface area contributed by atoms with Crippen LogP contribution in [-0.2, 0) is 0 Å². The molecule has 1 rings (SSSR count). The summed E-state index contributed by atoms with van der Waals surface area (Å²) in [5.41, 5.74) is 0. The molecule has 1 aliphatic rings. The molecular formula is C23H44N2O. The Morgan fingerprint density at radius 1 is 0.923 bits per heavy atom. The fourth-order valence-electron chi connectivity index (χ4n) is 3.67. The van der Waals surface area contributed by atoms with Gasteiger partial charge in [0.2, 0.25) is 0 Å². The summed E-state index contributed by atoms with van der Waals surface area (Å²) in [4.78, 5) is 6.55. The van der Waals surface area contributed by atoms with E-state index in [9.17, 15) is 5.11 Å². The molecule has 3 heteroatoms. The van der Waals surface area contributed by atoms with Gasteiger partial charge in [-0.05, 0) is 39.0 Å². The van der Waals surface area contributed by atoms with Gasteiger partial charge in [-0.25, -0.2) is 0 Å². The first-order valence-electron chi connectivity index (χ1n) is 11.4. The van der Waals surface area contributed by atoms with Crippen LogP contribution in [0.25, 0.3) is 0 Å². The number of hydrogen-bond acceptors (Lipinski definition) is 3. The molecule has 0 radical (unpaired) electrons. The van der Waals surface area contributed by atoms with E-state index >= 15 is 0 Å². The van der Waals surface area contributed by atoms with Crippen LogP contribution in [0.5, 0.6) is 0 Å². The lowest BCUT2D eigenvalue weighted by Crippen LogP contribution is -2.37. The zero-order valence-electron chi connectivity index (χ0n) is 17.5. The van der Waals surface area contributed by atoms with E-state index < -0.39 is 0 Å². The van der Waals surface area contributed by atoms with E-state index in [0.29, 0.717) is 0 Å². The van der Waals surface area contributed by atoms with Gasteiger partial charge in [-0.15, -0.1) is 0 Å². The maximum atomic E-state index is 9.70. The summed E-state index contributed by atoms with van der Waals surface area (Å²) in [6.07, 6.45) is 26.5. The lowest BCUT2D eigenvalue weighted by molar-refractivity contribution is 0.00710. The van der Waals surface area contributed by atoms with Crippen molar-refractivity contribution in [2.45, 2.75) is 123 Å². The molecule has 0 aromatic heterocycles. The second-order valence-corrected chi connectivity index (χ2v) is 7.87. The molecule has 152 valence electrons. The first-order chi connectivity index (χ1) is 12.8. The van der Waals surface area contributed by atoms with Crippen molar-refractivity contribution in [1.82, 2.24) is 4.90 Å². The van der Waals surface area contributed by atoms with E-state index in [-0.39, 0.29) is 12.4 Å². The van der Waals surface area contributed by atoms with E-state index in [1.165, 1.54) is 89.9 Å². The molecule has 2 unspecified atom stereocenters. The SMILES string of the molecule is CCCC/C=C/CCCCCCCCCCCCC1N=CCN1C(C)O. The highest BCUT2D eigenvalue weighted by Crippen LogP contribution is 2.18. The molecule has 3 nitrogen and oxygen atoms in total. The van der Waals surface area contributed by atoms with Crippen LogP contribution in [0, 0.1) is 0 Å². The Morgan fingerprint density at radius 2 is 1.46 bits per heavy atom. The van der Waals surface area contributed by atoms with Gasteiger partial charge in [0.1, 0.15) is 12.4 Å². The second-order valence-electron chi connectivity index (χ2n) is 7.87. The van der Waals surface area contributed by atoms with Gasteiger partial charge in [0.15, 0.2) is 0 Å². The Balaban J connectivity index is 1.78. The highest BCUT2D eigenvalue weighted by molar-refractivity contribution is 5.62. The normalized spacial score (nSPS) is 19.0. The van der Waals surface area contributed by atoms with Crippen LogP contribution in [0.2, 0.25) is 0 Å². The van der Waals surface area contributed by atoms with E-state index in [4.69, 9.17) is 0 Å². The third kappa shape index (κ3) is 11.9. The van der Waals surface area contributed by atoms with Crippen LogP contribution in [0.15, 0.2) is 17.1 Å². The van der Waals surface area contributed by atoms with Crippen molar-refractivity contribution in [1.29, 1.82) is 0 Å². The predicted molar refractivity (Wildman–Crippen MR) is 115 cm³/mol. The minimum atomic E-state index is -0.375. The van der Waals surface area contributed by atoms with Crippen molar-refractivity contribution >= 4 is 6.21 Å². The molecule has 0 aromatic carbocycles. The highest BCUT2D eigenvalue weighted by Gasteiger charge is 2.23. The summed E-state index contributed by atoms with van der Waals surface area (Å²) in [5.74, 6) is 0. The molecule has 0 fully saturated rings. The number of hydrogen-bond donors (Lipinski definition) is 1. The van der Waals surface area contributed by atoms with Gasteiger partial charge in [-0.1, -0.05) is 83.3 Å². The maximum Gasteiger partial charge on any atom is 0.106 e. The monoisotopic (exact) mass is 364 g/mol. The Morgan fingerprint density at radius 3 is 2.04 bits per heavy atom. The van der Waals surface area contributed by atoms with Crippen molar-refractivity contribution in [2.75, 3.05) is 6.54 Å². The quantitative estimate of drug-likeness (QED) is 0.237. The maximum absolute atomic E-state index is 9.70. The van der Waals surface area contributed by atoms with Crippen LogP contribution in [0.1, 0.15) is 110 Å². The van der Waals surface area contributed by atoms with Crippen LogP contribution in [0.3, 0.4) is 0 Å². The highest BCUT2D eigenvalue weighted by atomic mass is 16.3. The molecule has 0 amide bonds. The van der Waals surface area contributed by atoms with Crippen molar-refractivity contribution < 1.29 is 5.11 Å². The van der Waals surface area contributed by atoms with Gasteiger partial charge in [-0.2, -0.15) is 0 Å². The number of nitrogens with zero attached hydrogens (tertiary/aromatic N) is 2. The lowest BCUT2D eigenvalue weighted by Gasteiger charge is -2.25. The van der Waals surface area contributed by atoms with Gasteiger partial charge in [-0.3, -0.25) is 9.89 Å². The van der Waals surface area contributed by atoms with Crippen LogP contribution in [0.4, 0.5) is 0 Å². The zero-order chi connectivity index (χ0) is 18.9. The molecular weight excluding hydrogens is 320 g/mol.